The average Bonchev–Trinajstić information content (AvgIpc) is 2.86. The number of unbranched alkanes of at least 4 members (excludes halogenated alkanes) is 2. The van der Waals surface area contributed by atoms with Crippen LogP contribution in [0.15, 0.2) is 60.8 Å². The van der Waals surface area contributed by atoms with Crippen LogP contribution in [0.5, 0.6) is 0 Å². The van der Waals surface area contributed by atoms with Crippen LogP contribution in [0.3, 0.4) is 0 Å². The van der Waals surface area contributed by atoms with Crippen molar-refractivity contribution in [1.82, 2.24) is 5.32 Å². The molecule has 0 saturated heterocycles. The third-order valence-corrected chi connectivity index (χ3v) is 6.49. The van der Waals surface area contributed by atoms with Crippen LogP contribution >= 0.6 is 7.82 Å². The quantitative estimate of drug-likeness (QED) is 0.0603. The third kappa shape index (κ3) is 24.9. The maximum Gasteiger partial charge on any atom is 0.472 e. The number of nitrogens with one attached hydrogen (secondary N) is 1. The number of likely N-dealkylation sites (N-methyl/N-ethyl adjacent to an activating group) is 1. The maximum atomic E-state index is 12.5. The monoisotopic (exact) mass is 569 g/mol. The van der Waals surface area contributed by atoms with Crippen LogP contribution in [0.4, 0.5) is 0 Å². The van der Waals surface area contributed by atoms with Gasteiger partial charge in [0.25, 0.3) is 0 Å². The van der Waals surface area contributed by atoms with Gasteiger partial charge in [0.15, 0.2) is 0 Å². The summed E-state index contributed by atoms with van der Waals surface area (Å²) in [6.45, 7) is 4.41. The lowest BCUT2D eigenvalue weighted by Gasteiger charge is -2.25. The van der Waals surface area contributed by atoms with Crippen molar-refractivity contribution in [2.24, 2.45) is 0 Å². The molecule has 3 N–H and O–H groups in total. The molecule has 3 atom stereocenters. The average molecular weight is 570 g/mol. The van der Waals surface area contributed by atoms with Gasteiger partial charge in [-0.1, -0.05) is 87.4 Å². The van der Waals surface area contributed by atoms with Crippen LogP contribution in [-0.2, 0) is 18.4 Å². The zero-order valence-corrected chi connectivity index (χ0v) is 25.7. The number of hydrogen-bond acceptors (Lipinski definition) is 5. The van der Waals surface area contributed by atoms with Gasteiger partial charge in [-0.05, 0) is 38.5 Å². The molecule has 0 aromatic carbocycles. The number of nitrogens with zero attached hydrogens (tertiary/aromatic N) is 1. The molecule has 0 aliphatic rings. The number of aliphatic hydroxyl groups excluding tert-OH is 1. The second-order valence-corrected chi connectivity index (χ2v) is 11.8. The molecule has 0 aromatic rings. The predicted octanol–water partition coefficient (Wildman–Crippen LogP) is 6.00. The molecule has 0 heterocycles. The van der Waals surface area contributed by atoms with Crippen molar-refractivity contribution >= 4 is 13.7 Å². The molecule has 0 radical (unpaired) electrons. The lowest BCUT2D eigenvalue weighted by atomic mass is 10.1. The summed E-state index contributed by atoms with van der Waals surface area (Å²) in [5.41, 5.74) is 0. The Morgan fingerprint density at radius 1 is 0.897 bits per heavy atom. The summed E-state index contributed by atoms with van der Waals surface area (Å²) in [6, 6.07) is -0.879. The van der Waals surface area contributed by atoms with E-state index in [2.05, 4.69) is 55.6 Å². The predicted molar refractivity (Wildman–Crippen MR) is 161 cm³/mol. The first-order chi connectivity index (χ1) is 18.5. The van der Waals surface area contributed by atoms with Crippen LogP contribution in [0, 0.1) is 0 Å². The Kier molecular flexibility index (Phi) is 21.9. The molecular weight excluding hydrogens is 515 g/mol. The van der Waals surface area contributed by atoms with E-state index in [0.717, 1.165) is 44.9 Å². The van der Waals surface area contributed by atoms with Crippen molar-refractivity contribution in [2.75, 3.05) is 40.9 Å². The molecule has 0 saturated carbocycles. The highest BCUT2D eigenvalue weighted by Crippen LogP contribution is 2.43. The van der Waals surface area contributed by atoms with Crippen molar-refractivity contribution in [2.45, 2.75) is 83.8 Å². The molecule has 0 spiro atoms. The number of carbonyl (C=O) groups excluding carboxylic acids is 1. The number of phosphoric ester groups is 1. The molecule has 1 amide bonds. The van der Waals surface area contributed by atoms with Gasteiger partial charge in [0, 0.05) is 6.42 Å². The van der Waals surface area contributed by atoms with Gasteiger partial charge in [0.2, 0.25) is 5.91 Å². The minimum atomic E-state index is -4.32. The number of carbonyl (C=O) groups is 1. The Bertz CT molecular complexity index is 830. The van der Waals surface area contributed by atoms with E-state index in [0.29, 0.717) is 17.4 Å². The Labute approximate surface area is 237 Å². The number of aliphatic hydroxyl groups is 1. The molecule has 8 nitrogen and oxygen atoms in total. The van der Waals surface area contributed by atoms with E-state index in [1.54, 1.807) is 6.08 Å². The molecule has 0 aliphatic heterocycles. The topological polar surface area (TPSA) is 105 Å². The van der Waals surface area contributed by atoms with E-state index in [-0.39, 0.29) is 25.5 Å². The first-order valence-corrected chi connectivity index (χ1v) is 15.7. The first-order valence-electron chi connectivity index (χ1n) is 14.2. The van der Waals surface area contributed by atoms with Crippen molar-refractivity contribution in [3.8, 4) is 0 Å². The summed E-state index contributed by atoms with van der Waals surface area (Å²) in [4.78, 5) is 22.5. The fourth-order valence-corrected chi connectivity index (χ4v) is 3.89. The SMILES string of the molecule is CC/C=C\C/C=C\C/C=C\C/C=C\CCC(=O)NC(COP(=O)(O)OCC[N+](C)(C)C)C(O)/C=C/CCCC. The standard InChI is InChI=1S/C30H53N2O6P/c1-6-8-10-12-13-14-15-16-17-18-19-20-22-24-30(34)31-28(29(33)23-21-11-9-7-2)27-38-39(35,36)37-26-25-32(3,4)5/h8,10,13-14,16-17,19-21,23,28-29,33H,6-7,9,11-12,15,18,22,24-27H2,1-5H3,(H-,31,34,35,36)/p+1/b10-8-,14-13-,17-16-,20-19-,23-21+. The lowest BCUT2D eigenvalue weighted by molar-refractivity contribution is -0.870. The molecule has 224 valence electrons. The highest BCUT2D eigenvalue weighted by Gasteiger charge is 2.27. The molecule has 0 rings (SSSR count). The smallest absolute Gasteiger partial charge is 0.387 e. The third-order valence-electron chi connectivity index (χ3n) is 5.51. The summed E-state index contributed by atoms with van der Waals surface area (Å²) in [7, 11) is 1.50. The normalized spacial score (nSPS) is 16.2. The Morgan fingerprint density at radius 2 is 1.49 bits per heavy atom. The first kappa shape index (κ1) is 37.2. The van der Waals surface area contributed by atoms with Crippen LogP contribution in [0.2, 0.25) is 0 Å². The van der Waals surface area contributed by atoms with Crippen LogP contribution in [0.25, 0.3) is 0 Å². The fraction of sp³-hybridized carbons (Fsp3) is 0.633. The van der Waals surface area contributed by atoms with Crippen LogP contribution in [0.1, 0.15) is 71.6 Å². The van der Waals surface area contributed by atoms with Gasteiger partial charge in [-0.3, -0.25) is 13.8 Å². The molecule has 0 fully saturated rings. The van der Waals surface area contributed by atoms with E-state index in [9.17, 15) is 19.4 Å². The molecule has 39 heavy (non-hydrogen) atoms. The highest BCUT2D eigenvalue weighted by molar-refractivity contribution is 7.47. The van der Waals surface area contributed by atoms with Gasteiger partial charge >= 0.3 is 7.82 Å². The molecular formula is C30H54N2O6P+. The number of rotatable bonds is 23. The molecule has 0 aliphatic carbocycles. The summed E-state index contributed by atoms with van der Waals surface area (Å²) < 4.78 is 23.0. The lowest BCUT2D eigenvalue weighted by Crippen LogP contribution is -2.45. The van der Waals surface area contributed by atoms with E-state index in [4.69, 9.17) is 9.05 Å². The van der Waals surface area contributed by atoms with E-state index in [1.165, 1.54) is 0 Å². The zero-order valence-electron chi connectivity index (χ0n) is 24.8. The van der Waals surface area contributed by atoms with E-state index >= 15 is 0 Å². The van der Waals surface area contributed by atoms with E-state index < -0.39 is 20.0 Å². The highest BCUT2D eigenvalue weighted by atomic mass is 31.2. The summed E-state index contributed by atoms with van der Waals surface area (Å²) in [5, 5.41) is 13.3. The second kappa shape index (κ2) is 23.0. The summed E-state index contributed by atoms with van der Waals surface area (Å²) >= 11 is 0. The molecule has 0 bridgehead atoms. The Morgan fingerprint density at radius 3 is 2.05 bits per heavy atom. The van der Waals surface area contributed by atoms with Crippen molar-refractivity contribution in [3.63, 3.8) is 0 Å². The maximum absolute atomic E-state index is 12.5. The van der Waals surface area contributed by atoms with Crippen molar-refractivity contribution in [1.29, 1.82) is 0 Å². The largest absolute Gasteiger partial charge is 0.472 e. The van der Waals surface area contributed by atoms with Crippen LogP contribution in [-0.4, -0.2) is 73.4 Å². The summed E-state index contributed by atoms with van der Waals surface area (Å²) in [6.07, 6.45) is 26.5. The molecule has 0 aromatic heterocycles. The summed E-state index contributed by atoms with van der Waals surface area (Å²) in [5.74, 6) is -0.272. The Hall–Kier alpha value is -1.80. The van der Waals surface area contributed by atoms with E-state index in [1.807, 2.05) is 39.4 Å². The van der Waals surface area contributed by atoms with Gasteiger partial charge in [-0.25, -0.2) is 4.57 Å². The second-order valence-electron chi connectivity index (χ2n) is 10.4. The number of amides is 1. The van der Waals surface area contributed by atoms with Crippen LogP contribution < -0.4 is 5.32 Å². The van der Waals surface area contributed by atoms with Crippen molar-refractivity contribution in [3.05, 3.63) is 60.8 Å². The zero-order chi connectivity index (χ0) is 29.4. The van der Waals surface area contributed by atoms with Gasteiger partial charge in [0.05, 0.1) is 39.9 Å². The number of allylic oxidation sites excluding steroid dienone is 9. The number of hydrogen-bond donors (Lipinski definition) is 3. The van der Waals surface area contributed by atoms with Crippen molar-refractivity contribution < 1.29 is 32.9 Å². The number of phosphoric acid groups is 1. The molecule has 9 heteroatoms. The van der Waals surface area contributed by atoms with Gasteiger partial charge < -0.3 is 19.8 Å². The number of quaternary nitrogens is 1. The van der Waals surface area contributed by atoms with Gasteiger partial charge in [0.1, 0.15) is 13.2 Å². The molecule has 3 unspecified atom stereocenters. The van der Waals surface area contributed by atoms with Gasteiger partial charge in [-0.2, -0.15) is 0 Å². The minimum absolute atomic E-state index is 0.0443. The minimum Gasteiger partial charge on any atom is -0.387 e. The Balaban J connectivity index is 4.67. The fourth-order valence-electron chi connectivity index (χ4n) is 3.15. The van der Waals surface area contributed by atoms with Gasteiger partial charge in [-0.15, -0.1) is 0 Å².